The van der Waals surface area contributed by atoms with Gasteiger partial charge in [0.15, 0.2) is 17.2 Å². The molecule has 1 aliphatic rings. The average molecular weight is 479 g/mol. The van der Waals surface area contributed by atoms with Gasteiger partial charge in [0.05, 0.1) is 22.4 Å². The minimum Gasteiger partial charge on any atom is -0.437 e. The van der Waals surface area contributed by atoms with Gasteiger partial charge in [-0.05, 0) is 43.7 Å². The van der Waals surface area contributed by atoms with Crippen LogP contribution in [0.5, 0.6) is 11.6 Å². The predicted octanol–water partition coefficient (Wildman–Crippen LogP) is 5.86. The lowest BCUT2D eigenvalue weighted by atomic mass is 9.88. The molecule has 4 aromatic heterocycles. The van der Waals surface area contributed by atoms with Crippen molar-refractivity contribution in [2.24, 2.45) is 0 Å². The normalized spacial score (nSPS) is 14.6. The molecule has 5 heterocycles. The van der Waals surface area contributed by atoms with Gasteiger partial charge in [0.25, 0.3) is 0 Å². The van der Waals surface area contributed by atoms with E-state index in [-0.39, 0.29) is 0 Å². The largest absolute Gasteiger partial charge is 0.437 e. The highest BCUT2D eigenvalue weighted by atomic mass is 32.1. The fourth-order valence-electron chi connectivity index (χ4n) is 4.76. The van der Waals surface area contributed by atoms with E-state index in [2.05, 4.69) is 4.98 Å². The molecule has 0 N–H and O–H groups in total. The number of hydrogen-bond donors (Lipinski definition) is 0. The Balaban J connectivity index is 1.56. The highest BCUT2D eigenvalue weighted by Gasteiger charge is 2.38. The summed E-state index contributed by atoms with van der Waals surface area (Å²) in [5.41, 5.74) is 3.82. The molecule has 0 aliphatic carbocycles. The molecule has 7 nitrogen and oxygen atoms in total. The molecule has 0 saturated carbocycles. The number of nitrogens with zero attached hydrogens (tertiary/aromatic N) is 4. The summed E-state index contributed by atoms with van der Waals surface area (Å²) in [5.74, 6) is 1.05. The number of aromatic nitrogens is 4. The first-order valence-corrected chi connectivity index (χ1v) is 12.0. The van der Waals surface area contributed by atoms with Crippen molar-refractivity contribution in [1.29, 1.82) is 0 Å². The number of para-hydroxylation sites is 1. The molecular weight excluding hydrogens is 460 g/mol. The highest BCUT2D eigenvalue weighted by molar-refractivity contribution is 7.12. The maximum atomic E-state index is 13.4. The molecule has 8 heteroatoms. The maximum Gasteiger partial charge on any atom is 0.344 e. The lowest BCUT2D eigenvalue weighted by Gasteiger charge is -2.26. The van der Waals surface area contributed by atoms with E-state index in [0.29, 0.717) is 39.8 Å². The van der Waals surface area contributed by atoms with Gasteiger partial charge in [0.2, 0.25) is 5.88 Å². The van der Waals surface area contributed by atoms with E-state index in [1.165, 1.54) is 0 Å². The van der Waals surface area contributed by atoms with Crippen molar-refractivity contribution in [3.05, 3.63) is 104 Å². The maximum absolute atomic E-state index is 13.4. The van der Waals surface area contributed by atoms with Gasteiger partial charge >= 0.3 is 5.63 Å². The van der Waals surface area contributed by atoms with Crippen LogP contribution in [0.25, 0.3) is 28.0 Å². The highest BCUT2D eigenvalue weighted by Crippen LogP contribution is 2.50. The van der Waals surface area contributed by atoms with E-state index in [1.807, 2.05) is 68.4 Å². The Morgan fingerprint density at radius 2 is 1.80 bits per heavy atom. The third-order valence-electron chi connectivity index (χ3n) is 6.39. The fraction of sp³-hybridized carbons (Fsp3) is 0.111. The molecule has 7 rings (SSSR count). The zero-order valence-corrected chi connectivity index (χ0v) is 19.7. The molecule has 0 saturated heterocycles. The van der Waals surface area contributed by atoms with Crippen molar-refractivity contribution < 1.29 is 9.15 Å². The molecule has 0 amide bonds. The van der Waals surface area contributed by atoms with Crippen molar-refractivity contribution in [3.63, 3.8) is 0 Å². The van der Waals surface area contributed by atoms with Crippen molar-refractivity contribution in [2.75, 3.05) is 0 Å². The summed E-state index contributed by atoms with van der Waals surface area (Å²) in [6, 6.07) is 19.5. The number of fused-ring (bicyclic) bond motifs is 6. The molecule has 1 unspecified atom stereocenters. The van der Waals surface area contributed by atoms with Crippen LogP contribution in [0.3, 0.4) is 0 Å². The first-order valence-electron chi connectivity index (χ1n) is 11.2. The zero-order chi connectivity index (χ0) is 23.7. The van der Waals surface area contributed by atoms with Gasteiger partial charge < -0.3 is 9.15 Å². The quantitative estimate of drug-likeness (QED) is 0.289. The number of rotatable bonds is 2. The number of ether oxygens (including phenoxy) is 1. The lowest BCUT2D eigenvalue weighted by molar-refractivity contribution is 0.423. The third kappa shape index (κ3) is 2.96. The first kappa shape index (κ1) is 20.1. The average Bonchev–Trinajstić information content (AvgIpc) is 3.49. The second kappa shape index (κ2) is 7.35. The second-order valence-corrected chi connectivity index (χ2v) is 9.91. The lowest BCUT2D eigenvalue weighted by Crippen LogP contribution is -2.21. The third-order valence-corrected chi connectivity index (χ3v) is 7.46. The smallest absolute Gasteiger partial charge is 0.344 e. The molecule has 0 fully saturated rings. The molecule has 6 aromatic rings. The number of thiophene rings is 1. The van der Waals surface area contributed by atoms with E-state index in [0.717, 1.165) is 26.3 Å². The minimum absolute atomic E-state index is 0.417. The molecule has 1 atom stereocenters. The van der Waals surface area contributed by atoms with Crippen LogP contribution in [0.4, 0.5) is 0 Å². The standard InChI is InChI=1S/C27H18N4O3S/c1-14-7-3-4-8-16(14)24-29-25-22-20(19-12-11-15(2)35-19)21-23(34-26(22)28-13-31(25)30-24)17-9-5-6-10-18(17)33-27(21)32/h3-13,20H,1-2H3. The topological polar surface area (TPSA) is 82.5 Å². The molecule has 170 valence electrons. The van der Waals surface area contributed by atoms with Crippen LogP contribution in [0.2, 0.25) is 0 Å². The Morgan fingerprint density at radius 3 is 2.63 bits per heavy atom. The van der Waals surface area contributed by atoms with Gasteiger partial charge in [0, 0.05) is 15.3 Å². The molecule has 0 spiro atoms. The van der Waals surface area contributed by atoms with Gasteiger partial charge in [-0.3, -0.25) is 0 Å². The van der Waals surface area contributed by atoms with Crippen LogP contribution in [0.15, 0.2) is 76.2 Å². The Kier molecular flexibility index (Phi) is 4.22. The van der Waals surface area contributed by atoms with E-state index >= 15 is 0 Å². The minimum atomic E-state index is -0.446. The van der Waals surface area contributed by atoms with Crippen LogP contribution < -0.4 is 10.4 Å². The SMILES string of the molecule is Cc1ccc(C2c3c(c4ccccc4oc3=O)Oc3ncn4nc(-c5ccccc5C)nc4c32)s1. The van der Waals surface area contributed by atoms with Gasteiger partial charge in [-0.25, -0.2) is 19.3 Å². The van der Waals surface area contributed by atoms with E-state index in [9.17, 15) is 4.79 Å². The van der Waals surface area contributed by atoms with Crippen LogP contribution in [-0.2, 0) is 0 Å². The number of benzene rings is 2. The van der Waals surface area contributed by atoms with E-state index < -0.39 is 11.5 Å². The zero-order valence-electron chi connectivity index (χ0n) is 18.9. The van der Waals surface area contributed by atoms with E-state index in [1.54, 1.807) is 28.2 Å². The Labute approximate surface area is 203 Å². The van der Waals surface area contributed by atoms with Crippen LogP contribution in [0, 0.1) is 13.8 Å². The van der Waals surface area contributed by atoms with Crippen LogP contribution >= 0.6 is 11.3 Å². The van der Waals surface area contributed by atoms with Gasteiger partial charge in [-0.2, -0.15) is 0 Å². The molecule has 2 aromatic carbocycles. The second-order valence-electron chi connectivity index (χ2n) is 8.59. The summed E-state index contributed by atoms with van der Waals surface area (Å²) in [5, 5.41) is 5.43. The summed E-state index contributed by atoms with van der Waals surface area (Å²) < 4.78 is 13.7. The molecule has 35 heavy (non-hydrogen) atoms. The summed E-state index contributed by atoms with van der Waals surface area (Å²) in [6.07, 6.45) is 1.61. The summed E-state index contributed by atoms with van der Waals surface area (Å²) >= 11 is 1.63. The van der Waals surface area contributed by atoms with Gasteiger partial charge in [-0.15, -0.1) is 16.4 Å². The molecular formula is C27H18N4O3S. The molecule has 1 aliphatic heterocycles. The fourth-order valence-corrected chi connectivity index (χ4v) is 5.76. The van der Waals surface area contributed by atoms with E-state index in [4.69, 9.17) is 19.2 Å². The van der Waals surface area contributed by atoms with Crippen molar-refractivity contribution in [1.82, 2.24) is 19.6 Å². The van der Waals surface area contributed by atoms with Gasteiger partial charge in [0.1, 0.15) is 11.9 Å². The number of aryl methyl sites for hydroxylation is 2. The Bertz CT molecular complexity index is 1850. The summed E-state index contributed by atoms with van der Waals surface area (Å²) in [7, 11) is 0. The van der Waals surface area contributed by atoms with Crippen molar-refractivity contribution >= 4 is 28.0 Å². The Hall–Kier alpha value is -4.30. The molecule has 0 bridgehead atoms. The summed E-state index contributed by atoms with van der Waals surface area (Å²) in [6.45, 7) is 4.08. The predicted molar refractivity (Wildman–Crippen MR) is 134 cm³/mol. The van der Waals surface area contributed by atoms with Crippen LogP contribution in [0.1, 0.15) is 32.4 Å². The van der Waals surface area contributed by atoms with Crippen LogP contribution in [-0.4, -0.2) is 19.6 Å². The summed E-state index contributed by atoms with van der Waals surface area (Å²) in [4.78, 5) is 25.0. The first-order chi connectivity index (χ1) is 17.1. The molecule has 0 radical (unpaired) electrons. The monoisotopic (exact) mass is 478 g/mol. The van der Waals surface area contributed by atoms with Crippen molar-refractivity contribution in [2.45, 2.75) is 19.8 Å². The van der Waals surface area contributed by atoms with Gasteiger partial charge in [-0.1, -0.05) is 36.4 Å². The number of hydrogen-bond acceptors (Lipinski definition) is 7. The van der Waals surface area contributed by atoms with Crippen molar-refractivity contribution in [3.8, 4) is 23.0 Å². The Morgan fingerprint density at radius 1 is 0.971 bits per heavy atom.